The lowest BCUT2D eigenvalue weighted by atomic mass is 9.98. The fourth-order valence-corrected chi connectivity index (χ4v) is 2.44. The summed E-state index contributed by atoms with van der Waals surface area (Å²) in [5.41, 5.74) is 2.34. The van der Waals surface area contributed by atoms with Crippen molar-refractivity contribution in [1.29, 1.82) is 0 Å². The van der Waals surface area contributed by atoms with Crippen LogP contribution in [0.1, 0.15) is 36.3 Å². The standard InChI is InChI=1S/C19H22F2O4/c1-2-3-5-14-8-10-15(11-9-14)16-12-23-19(24-13-16)25-18(22)7-4-6-17(20)21/h2,6,8-11,16,19H,1,3-5,7,12-13H2. The maximum absolute atomic E-state index is 11.9. The minimum atomic E-state index is -1.81. The Labute approximate surface area is 146 Å². The number of halogens is 2. The first-order chi connectivity index (χ1) is 12.1. The van der Waals surface area contributed by atoms with Gasteiger partial charge in [-0.05, 0) is 36.5 Å². The molecule has 0 amide bonds. The topological polar surface area (TPSA) is 44.8 Å². The number of hydrogen-bond donors (Lipinski definition) is 0. The van der Waals surface area contributed by atoms with Gasteiger partial charge in [0, 0.05) is 12.3 Å². The highest BCUT2D eigenvalue weighted by Crippen LogP contribution is 2.23. The number of aryl methyl sites for hydroxylation is 1. The van der Waals surface area contributed by atoms with Crippen LogP contribution in [-0.4, -0.2) is 25.7 Å². The normalized spacial score (nSPS) is 19.9. The van der Waals surface area contributed by atoms with E-state index in [-0.39, 0.29) is 18.8 Å². The van der Waals surface area contributed by atoms with E-state index in [1.54, 1.807) is 0 Å². The number of allylic oxidation sites excluding steroid dienone is 2. The lowest BCUT2D eigenvalue weighted by Gasteiger charge is -2.29. The molecule has 1 aromatic rings. The van der Waals surface area contributed by atoms with Crippen molar-refractivity contribution >= 4 is 5.97 Å². The summed E-state index contributed by atoms with van der Waals surface area (Å²) in [5, 5.41) is 0. The van der Waals surface area contributed by atoms with Gasteiger partial charge in [0.05, 0.1) is 13.2 Å². The van der Waals surface area contributed by atoms with Crippen LogP contribution in [0.2, 0.25) is 0 Å². The summed E-state index contributed by atoms with van der Waals surface area (Å²) in [7, 11) is 0. The van der Waals surface area contributed by atoms with Crippen LogP contribution in [0.5, 0.6) is 0 Å². The number of rotatable bonds is 8. The maximum atomic E-state index is 11.9. The summed E-state index contributed by atoms with van der Waals surface area (Å²) in [6, 6.07) is 8.23. The molecule has 0 saturated carbocycles. The summed E-state index contributed by atoms with van der Waals surface area (Å²) in [6.45, 7) is 3.37. The van der Waals surface area contributed by atoms with E-state index in [1.165, 1.54) is 5.56 Å². The van der Waals surface area contributed by atoms with Crippen LogP contribution in [0.15, 0.2) is 49.1 Å². The Morgan fingerprint density at radius 3 is 2.48 bits per heavy atom. The van der Waals surface area contributed by atoms with Crippen molar-refractivity contribution in [3.63, 3.8) is 0 Å². The van der Waals surface area contributed by atoms with Crippen LogP contribution in [0.3, 0.4) is 0 Å². The molecule has 0 aromatic heterocycles. The second-order valence-electron chi connectivity index (χ2n) is 5.74. The van der Waals surface area contributed by atoms with E-state index in [0.717, 1.165) is 18.4 Å². The highest BCUT2D eigenvalue weighted by molar-refractivity contribution is 5.69. The lowest BCUT2D eigenvalue weighted by Crippen LogP contribution is -2.34. The van der Waals surface area contributed by atoms with E-state index >= 15 is 0 Å². The van der Waals surface area contributed by atoms with Gasteiger partial charge in [-0.25, -0.2) is 0 Å². The van der Waals surface area contributed by atoms with Crippen LogP contribution in [0, 0.1) is 0 Å². The Kier molecular flexibility index (Phi) is 7.76. The second-order valence-corrected chi connectivity index (χ2v) is 5.74. The van der Waals surface area contributed by atoms with Gasteiger partial charge in [0.15, 0.2) is 0 Å². The van der Waals surface area contributed by atoms with Crippen molar-refractivity contribution in [2.45, 2.75) is 38.1 Å². The summed E-state index contributed by atoms with van der Waals surface area (Å²) in [5.74, 6) is -0.570. The SMILES string of the molecule is C=CCCc1ccc(C2COC(OC(=O)CCC=C(F)F)OC2)cc1. The second kappa shape index (κ2) is 10.1. The zero-order valence-electron chi connectivity index (χ0n) is 14.0. The highest BCUT2D eigenvalue weighted by atomic mass is 19.3. The molecule has 1 aliphatic rings. The molecule has 1 heterocycles. The Balaban J connectivity index is 1.74. The molecule has 0 atom stereocenters. The van der Waals surface area contributed by atoms with Gasteiger partial charge in [0.2, 0.25) is 0 Å². The molecule has 0 spiro atoms. The molecule has 136 valence electrons. The van der Waals surface area contributed by atoms with Gasteiger partial charge in [0.1, 0.15) is 0 Å². The van der Waals surface area contributed by atoms with Gasteiger partial charge < -0.3 is 14.2 Å². The number of carbonyl (C=O) groups excluding carboxylic acids is 1. The van der Waals surface area contributed by atoms with E-state index in [2.05, 4.69) is 18.7 Å². The van der Waals surface area contributed by atoms with E-state index < -0.39 is 18.5 Å². The van der Waals surface area contributed by atoms with Gasteiger partial charge in [-0.3, -0.25) is 4.79 Å². The monoisotopic (exact) mass is 352 g/mol. The van der Waals surface area contributed by atoms with Crippen molar-refractivity contribution in [1.82, 2.24) is 0 Å². The molecule has 0 N–H and O–H groups in total. The lowest BCUT2D eigenvalue weighted by molar-refractivity contribution is -0.301. The average molecular weight is 352 g/mol. The van der Waals surface area contributed by atoms with Crippen molar-refractivity contribution < 1.29 is 27.8 Å². The fourth-order valence-electron chi connectivity index (χ4n) is 2.44. The van der Waals surface area contributed by atoms with Crippen molar-refractivity contribution in [3.05, 3.63) is 60.2 Å². The summed E-state index contributed by atoms with van der Waals surface area (Å²) in [4.78, 5) is 11.5. The number of hydrogen-bond acceptors (Lipinski definition) is 4. The zero-order valence-corrected chi connectivity index (χ0v) is 14.0. The minimum Gasteiger partial charge on any atom is -0.410 e. The first-order valence-corrected chi connectivity index (χ1v) is 8.22. The summed E-state index contributed by atoms with van der Waals surface area (Å²) in [6.07, 6.45) is 2.44. The highest BCUT2D eigenvalue weighted by Gasteiger charge is 2.26. The van der Waals surface area contributed by atoms with Crippen molar-refractivity contribution in [2.75, 3.05) is 13.2 Å². The van der Waals surface area contributed by atoms with Gasteiger partial charge in [-0.1, -0.05) is 30.3 Å². The van der Waals surface area contributed by atoms with E-state index in [1.807, 2.05) is 18.2 Å². The van der Waals surface area contributed by atoms with Crippen LogP contribution < -0.4 is 0 Å². The zero-order chi connectivity index (χ0) is 18.1. The minimum absolute atomic E-state index is 0.0620. The van der Waals surface area contributed by atoms with Crippen molar-refractivity contribution in [2.24, 2.45) is 0 Å². The molecule has 4 nitrogen and oxygen atoms in total. The molecule has 1 fully saturated rings. The molecule has 2 rings (SSSR count). The van der Waals surface area contributed by atoms with Gasteiger partial charge in [-0.2, -0.15) is 8.78 Å². The largest absolute Gasteiger partial charge is 0.410 e. The smallest absolute Gasteiger partial charge is 0.318 e. The Bertz CT molecular complexity index is 586. The first kappa shape index (κ1) is 19.3. The molecular formula is C19H22F2O4. The molecule has 25 heavy (non-hydrogen) atoms. The Morgan fingerprint density at radius 2 is 1.88 bits per heavy atom. The van der Waals surface area contributed by atoms with Gasteiger partial charge >= 0.3 is 12.4 Å². The van der Waals surface area contributed by atoms with Crippen LogP contribution in [0.4, 0.5) is 8.78 Å². The fraction of sp³-hybridized carbons (Fsp3) is 0.421. The number of esters is 1. The van der Waals surface area contributed by atoms with Crippen LogP contribution in [0.25, 0.3) is 0 Å². The molecule has 6 heteroatoms. The van der Waals surface area contributed by atoms with E-state index in [0.29, 0.717) is 19.3 Å². The number of carbonyl (C=O) groups is 1. The Hall–Kier alpha value is -2.05. The molecular weight excluding hydrogens is 330 g/mol. The summed E-state index contributed by atoms with van der Waals surface area (Å²) < 4.78 is 39.5. The quantitative estimate of drug-likeness (QED) is 0.516. The molecule has 1 saturated heterocycles. The number of benzene rings is 1. The van der Waals surface area contributed by atoms with Crippen molar-refractivity contribution in [3.8, 4) is 0 Å². The van der Waals surface area contributed by atoms with Crippen LogP contribution >= 0.6 is 0 Å². The van der Waals surface area contributed by atoms with Gasteiger partial charge in [0.25, 0.3) is 6.08 Å². The molecule has 0 aliphatic carbocycles. The molecule has 1 aromatic carbocycles. The summed E-state index contributed by atoms with van der Waals surface area (Å²) >= 11 is 0. The maximum Gasteiger partial charge on any atom is 0.318 e. The molecule has 0 unspecified atom stereocenters. The van der Waals surface area contributed by atoms with Crippen LogP contribution in [-0.2, 0) is 25.4 Å². The third-order valence-electron chi connectivity index (χ3n) is 3.83. The first-order valence-electron chi connectivity index (χ1n) is 8.22. The average Bonchev–Trinajstić information content (AvgIpc) is 2.61. The Morgan fingerprint density at radius 1 is 1.20 bits per heavy atom. The molecule has 1 aliphatic heterocycles. The third-order valence-corrected chi connectivity index (χ3v) is 3.83. The van der Waals surface area contributed by atoms with E-state index in [9.17, 15) is 13.6 Å². The molecule has 0 radical (unpaired) electrons. The van der Waals surface area contributed by atoms with Gasteiger partial charge in [-0.15, -0.1) is 6.58 Å². The predicted octanol–water partition coefficient (Wildman–Crippen LogP) is 4.32. The third kappa shape index (κ3) is 6.76. The van der Waals surface area contributed by atoms with E-state index in [4.69, 9.17) is 14.2 Å². The predicted molar refractivity (Wildman–Crippen MR) is 89.0 cm³/mol. The molecule has 0 bridgehead atoms. The number of ether oxygens (including phenoxy) is 3.